The summed E-state index contributed by atoms with van der Waals surface area (Å²) in [6, 6.07) is 43.2. The number of hydrogen-bond donors (Lipinski definition) is 0. The summed E-state index contributed by atoms with van der Waals surface area (Å²) in [6.45, 7) is 51.1. The number of hydrogen-bond acceptors (Lipinski definition) is 15. The molecular weight excluding hydrogens is 1540 g/mol. The van der Waals surface area contributed by atoms with Gasteiger partial charge in [0, 0.05) is 57.0 Å². The van der Waals surface area contributed by atoms with Crippen molar-refractivity contribution in [3.8, 4) is 90.5 Å². The van der Waals surface area contributed by atoms with Crippen LogP contribution in [0.5, 0.6) is 0 Å². The topological polar surface area (TPSA) is 209 Å². The van der Waals surface area contributed by atoms with Crippen molar-refractivity contribution < 1.29 is 18.3 Å². The van der Waals surface area contributed by atoms with Crippen molar-refractivity contribution in [2.45, 2.75) is 220 Å². The van der Waals surface area contributed by atoms with Crippen LogP contribution in [0.2, 0.25) is 0 Å². The van der Waals surface area contributed by atoms with Gasteiger partial charge in [0.1, 0.15) is 57.7 Å². The fraction of sp³-hybridized carbons (Fsp3) is 0.349. The quantitative estimate of drug-likeness (QED) is 0.110. The lowest BCUT2D eigenvalue weighted by molar-refractivity contribution is -0.662. The van der Waals surface area contributed by atoms with Crippen molar-refractivity contribution in [1.29, 1.82) is 0 Å². The van der Waals surface area contributed by atoms with Gasteiger partial charge in [-0.3, -0.25) is 9.97 Å². The van der Waals surface area contributed by atoms with E-state index in [1.165, 1.54) is 120 Å². The number of benzene rings is 8. The molecule has 0 N–H and O–H groups in total. The number of aromatic nitrogens is 19. The van der Waals surface area contributed by atoms with E-state index in [1.807, 2.05) is 64.7 Å². The lowest BCUT2D eigenvalue weighted by Gasteiger charge is -2.22. The van der Waals surface area contributed by atoms with Gasteiger partial charge in [0.05, 0.1) is 89.6 Å². The molecule has 8 heterocycles. The Labute approximate surface area is 737 Å². The van der Waals surface area contributed by atoms with Crippen LogP contribution in [-0.2, 0) is 39.0 Å². The first kappa shape index (κ1) is 88.5. The van der Waals surface area contributed by atoms with Crippen LogP contribution in [-0.4, -0.2) is 74.8 Å². The SMILES string of the molecule is Cc1cc(C)c(C)c(-c2c3cccc(-c4cnc(C5CCCC5)cn4)c3nc[n+]2C)c1.Cc1cc(C)c(C)c(-c2c3cccc(-c4nc(C(C)(C)C)nc(C(C)(C)C)n4)c3nc[n+]2C)c1.Cc1cc(C)c(C)c(-c2c3cccc(-c4nc(C(C)C)nc(C(C)C)n4)c3nc[n+]2C)c1.Cc1cc(C)c(C)c(-c2c3cccc(-c4nc(C)nc(C)n4)c3nc[n+]2C)c1. The van der Waals surface area contributed by atoms with Crippen LogP contribution in [0.4, 0.5) is 0 Å². The summed E-state index contributed by atoms with van der Waals surface area (Å²) in [4.78, 5) is 71.4. The number of aryl methyl sites for hydroxylation is 14. The molecule has 0 spiro atoms. The van der Waals surface area contributed by atoms with Crippen LogP contribution in [0.25, 0.3) is 134 Å². The molecule has 1 aliphatic carbocycles. The van der Waals surface area contributed by atoms with Gasteiger partial charge in [-0.1, -0.05) is 153 Å². The Bertz CT molecular complexity index is 6790. The largest absolute Gasteiger partial charge is 0.287 e. The van der Waals surface area contributed by atoms with Gasteiger partial charge >= 0.3 is 0 Å². The zero-order chi connectivity index (χ0) is 89.7. The van der Waals surface area contributed by atoms with Gasteiger partial charge in [0.25, 0.3) is 25.3 Å². The summed E-state index contributed by atoms with van der Waals surface area (Å²) in [5.41, 5.74) is 34.1. The molecule has 8 aromatic heterocycles. The third-order valence-corrected chi connectivity index (χ3v) is 24.3. The normalized spacial score (nSPS) is 12.5. The van der Waals surface area contributed by atoms with E-state index in [0.29, 0.717) is 35.0 Å². The summed E-state index contributed by atoms with van der Waals surface area (Å²) in [6.07, 6.45) is 16.6. The van der Waals surface area contributed by atoms with Crippen molar-refractivity contribution >= 4 is 43.6 Å². The maximum Gasteiger partial charge on any atom is 0.287 e. The second kappa shape index (κ2) is 35.8. The highest BCUT2D eigenvalue weighted by atomic mass is 15.1. The Kier molecular flexibility index (Phi) is 25.4. The zero-order valence-corrected chi connectivity index (χ0v) is 78.6. The summed E-state index contributed by atoms with van der Waals surface area (Å²) >= 11 is 0. The van der Waals surface area contributed by atoms with Gasteiger partial charge in [-0.05, 0) is 247 Å². The highest BCUT2D eigenvalue weighted by Gasteiger charge is 2.31. The minimum absolute atomic E-state index is 0.191. The molecular formula is C106H121N19+4. The molecule has 1 aliphatic rings. The molecule has 19 heteroatoms. The lowest BCUT2D eigenvalue weighted by atomic mass is 9.92. The van der Waals surface area contributed by atoms with E-state index < -0.39 is 0 Å². The minimum Gasteiger partial charge on any atom is -0.257 e. The summed E-state index contributed by atoms with van der Waals surface area (Å²) < 4.78 is 8.45. The Balaban J connectivity index is 0.000000136. The standard InChI is InChI=1S/C29H36N5.C27H32N5.C27H29N4.C23H24N5/c1-17-14-18(2)19(3)22(15-17)24-20-12-11-13-21(23(20)30-16-34(24)10)25-31-26(28(4,5)6)33-27(32-25)29(7,8)9;1-15(2)25-29-26(16(3)4)31-27(30-25)21-11-9-10-20-23(21)28-14-32(8)24(20)22-13-17(5)12-18(6)19(22)7;1-17-12-18(2)19(3)23(13-17)27-22-11-7-10-21(26(22)30-16-31(27)4)25-15-28-24(14-29-25)20-8-5-6-9-20;1-13-10-14(2)15(3)20(11-13)22-18-8-7-9-19(21(18)24-12-28(22)6)23-26-16(4)25-17(5)27-23/h11-16H,1-10H3;9-16H,1-8H3;7,10-16,20H,5-6,8-9H2,1-4H3;7-12H,1-6H3/q4*+1. The number of nitrogens with zero attached hydrogens (tertiary/aromatic N) is 19. The number of para-hydroxylation sites is 4. The van der Waals surface area contributed by atoms with Gasteiger partial charge in [0.15, 0.2) is 39.5 Å². The van der Waals surface area contributed by atoms with Gasteiger partial charge in [-0.25, -0.2) is 63.1 Å². The van der Waals surface area contributed by atoms with Crippen LogP contribution in [0.15, 0.2) is 159 Å². The smallest absolute Gasteiger partial charge is 0.257 e. The average molecular weight is 1660 g/mol. The molecule has 0 radical (unpaired) electrons. The number of rotatable bonds is 11. The van der Waals surface area contributed by atoms with Crippen LogP contribution in [0, 0.1) is 96.9 Å². The van der Waals surface area contributed by atoms with Crippen LogP contribution in [0.3, 0.4) is 0 Å². The second-order valence-corrected chi connectivity index (χ2v) is 37.2. The second-order valence-electron chi connectivity index (χ2n) is 37.2. The third kappa shape index (κ3) is 18.4. The van der Waals surface area contributed by atoms with E-state index in [4.69, 9.17) is 59.8 Å². The zero-order valence-electron chi connectivity index (χ0n) is 78.6. The van der Waals surface area contributed by atoms with Gasteiger partial charge in [-0.15, -0.1) is 0 Å². The molecule has 0 atom stereocenters. The molecule has 1 fully saturated rings. The summed E-state index contributed by atoms with van der Waals surface area (Å²) in [5.74, 6) is 7.74. The molecule has 0 amide bonds. The Morgan fingerprint density at radius 1 is 0.312 bits per heavy atom. The van der Waals surface area contributed by atoms with E-state index in [1.54, 1.807) is 0 Å². The van der Waals surface area contributed by atoms with E-state index >= 15 is 0 Å². The average Bonchev–Trinajstić information content (AvgIpc) is 1.03. The van der Waals surface area contributed by atoms with Crippen LogP contribution < -0.4 is 18.3 Å². The molecule has 17 rings (SSSR count). The van der Waals surface area contributed by atoms with Crippen molar-refractivity contribution in [1.82, 2.24) is 74.8 Å². The monoisotopic (exact) mass is 1660 g/mol. The maximum atomic E-state index is 4.94. The highest BCUT2D eigenvalue weighted by Crippen LogP contribution is 2.41. The first-order valence-corrected chi connectivity index (χ1v) is 43.8. The van der Waals surface area contributed by atoms with Gasteiger partial charge < -0.3 is 0 Å². The summed E-state index contributed by atoms with van der Waals surface area (Å²) in [7, 11) is 8.23. The molecule has 125 heavy (non-hydrogen) atoms. The molecule has 0 saturated heterocycles. The number of fused-ring (bicyclic) bond motifs is 4. The molecule has 0 bridgehead atoms. The van der Waals surface area contributed by atoms with Crippen molar-refractivity contribution in [2.24, 2.45) is 28.2 Å². The minimum atomic E-state index is -0.191. The fourth-order valence-corrected chi connectivity index (χ4v) is 17.2. The first-order valence-electron chi connectivity index (χ1n) is 43.8. The third-order valence-electron chi connectivity index (χ3n) is 24.3. The van der Waals surface area contributed by atoms with Crippen molar-refractivity contribution in [3.63, 3.8) is 0 Å². The Morgan fingerprint density at radius 3 is 0.920 bits per heavy atom. The predicted molar refractivity (Wildman–Crippen MR) is 504 cm³/mol. The van der Waals surface area contributed by atoms with E-state index in [0.717, 1.165) is 118 Å². The van der Waals surface area contributed by atoms with Crippen molar-refractivity contribution in [3.05, 3.63) is 266 Å². The Hall–Kier alpha value is -12.8. The first-order chi connectivity index (χ1) is 59.3. The molecule has 19 nitrogen and oxygen atoms in total. The van der Waals surface area contributed by atoms with E-state index in [2.05, 4.69) is 322 Å². The summed E-state index contributed by atoms with van der Waals surface area (Å²) in [5, 5.41) is 4.41. The predicted octanol–water partition coefficient (Wildman–Crippen LogP) is 21.7. The maximum absolute atomic E-state index is 4.94. The van der Waals surface area contributed by atoms with E-state index in [9.17, 15) is 0 Å². The molecule has 0 unspecified atom stereocenters. The molecule has 16 aromatic rings. The van der Waals surface area contributed by atoms with Gasteiger partial charge in [-0.2, -0.15) is 0 Å². The highest BCUT2D eigenvalue weighted by molar-refractivity contribution is 6.03. The van der Waals surface area contributed by atoms with Gasteiger partial charge in [0.2, 0.25) is 0 Å². The fourth-order valence-electron chi connectivity index (χ4n) is 17.2. The molecule has 1 saturated carbocycles. The van der Waals surface area contributed by atoms with E-state index in [-0.39, 0.29) is 22.7 Å². The molecule has 636 valence electrons. The van der Waals surface area contributed by atoms with Crippen LogP contribution >= 0.6 is 0 Å². The van der Waals surface area contributed by atoms with Crippen LogP contribution in [0.1, 0.15) is 220 Å². The molecule has 8 aromatic carbocycles. The molecule has 0 aliphatic heterocycles. The van der Waals surface area contributed by atoms with Crippen molar-refractivity contribution in [2.75, 3.05) is 0 Å². The lowest BCUT2D eigenvalue weighted by Crippen LogP contribution is -2.32. The Morgan fingerprint density at radius 2 is 0.616 bits per heavy atom.